The number of amides is 1. The molecule has 0 fully saturated rings. The number of hydrogen-bond donors (Lipinski definition) is 1. The molecule has 0 unspecified atom stereocenters. The van der Waals surface area contributed by atoms with Gasteiger partial charge in [-0.2, -0.15) is 5.26 Å². The van der Waals surface area contributed by atoms with Gasteiger partial charge in [-0.3, -0.25) is 9.10 Å². The van der Waals surface area contributed by atoms with Crippen LogP contribution in [-0.4, -0.2) is 33.7 Å². The Kier molecular flexibility index (Phi) is 5.78. The zero-order valence-electron chi connectivity index (χ0n) is 14.1. The zero-order chi connectivity index (χ0) is 18.4. The molecule has 0 atom stereocenters. The van der Waals surface area contributed by atoms with Crippen molar-refractivity contribution >= 4 is 21.6 Å². The standard InChI is InChI=1S/C18H19N3O3S/c1-14-7-3-5-9-16(14)18(22)20-11-12-21(25(2,23)24)17-10-6-4-8-15(17)13-19/h3-10H,11-12H2,1-2H3,(H,20,22). The predicted octanol–water partition coefficient (Wildman–Crippen LogP) is 2.06. The molecule has 0 aliphatic rings. The van der Waals surface area contributed by atoms with Crippen LogP contribution in [0.5, 0.6) is 0 Å². The van der Waals surface area contributed by atoms with Gasteiger partial charge < -0.3 is 5.32 Å². The Labute approximate surface area is 147 Å². The SMILES string of the molecule is Cc1ccccc1C(=O)NCCN(c1ccccc1C#N)S(C)(=O)=O. The third-order valence-corrected chi connectivity index (χ3v) is 4.86. The number of hydrogen-bond acceptors (Lipinski definition) is 4. The second-order valence-electron chi connectivity index (χ2n) is 5.53. The molecule has 0 radical (unpaired) electrons. The highest BCUT2D eigenvalue weighted by molar-refractivity contribution is 7.92. The minimum atomic E-state index is -3.59. The van der Waals surface area contributed by atoms with E-state index in [1.54, 1.807) is 36.4 Å². The van der Waals surface area contributed by atoms with Gasteiger partial charge in [-0.25, -0.2) is 8.42 Å². The summed E-state index contributed by atoms with van der Waals surface area (Å²) in [5.74, 6) is -0.264. The number of nitriles is 1. The molecule has 6 nitrogen and oxygen atoms in total. The summed E-state index contributed by atoms with van der Waals surface area (Å²) in [6.07, 6.45) is 1.07. The van der Waals surface area contributed by atoms with Crippen molar-refractivity contribution in [1.29, 1.82) is 5.26 Å². The van der Waals surface area contributed by atoms with Crippen LogP contribution < -0.4 is 9.62 Å². The second-order valence-corrected chi connectivity index (χ2v) is 7.44. The Morgan fingerprint density at radius 1 is 1.16 bits per heavy atom. The Morgan fingerprint density at radius 2 is 1.80 bits per heavy atom. The lowest BCUT2D eigenvalue weighted by molar-refractivity contribution is 0.0954. The number of carbonyl (C=O) groups excluding carboxylic acids is 1. The molecule has 7 heteroatoms. The smallest absolute Gasteiger partial charge is 0.251 e. The number of carbonyl (C=O) groups is 1. The summed E-state index contributed by atoms with van der Waals surface area (Å²) in [6, 6.07) is 15.6. The van der Waals surface area contributed by atoms with Crippen molar-refractivity contribution in [1.82, 2.24) is 5.32 Å². The van der Waals surface area contributed by atoms with Crippen molar-refractivity contribution in [2.24, 2.45) is 0 Å². The van der Waals surface area contributed by atoms with E-state index in [9.17, 15) is 18.5 Å². The Bertz CT molecular complexity index is 917. The lowest BCUT2D eigenvalue weighted by Gasteiger charge is -2.23. The van der Waals surface area contributed by atoms with Crippen molar-refractivity contribution in [3.8, 4) is 6.07 Å². The Morgan fingerprint density at radius 3 is 2.44 bits per heavy atom. The summed E-state index contributed by atoms with van der Waals surface area (Å²) in [4.78, 5) is 12.2. The first kappa shape index (κ1) is 18.5. The lowest BCUT2D eigenvalue weighted by atomic mass is 10.1. The molecular weight excluding hydrogens is 338 g/mol. The molecule has 0 saturated carbocycles. The molecule has 0 heterocycles. The van der Waals surface area contributed by atoms with Gasteiger partial charge in [0, 0.05) is 12.1 Å². The molecule has 130 valence electrons. The van der Waals surface area contributed by atoms with Gasteiger partial charge >= 0.3 is 0 Å². The average Bonchev–Trinajstić information content (AvgIpc) is 2.58. The van der Waals surface area contributed by atoms with E-state index < -0.39 is 10.0 Å². The van der Waals surface area contributed by atoms with Crippen LogP contribution in [0.3, 0.4) is 0 Å². The maximum atomic E-state index is 12.2. The molecule has 2 rings (SSSR count). The highest BCUT2D eigenvalue weighted by Crippen LogP contribution is 2.21. The molecule has 25 heavy (non-hydrogen) atoms. The first-order chi connectivity index (χ1) is 11.8. The lowest BCUT2D eigenvalue weighted by Crippen LogP contribution is -2.38. The van der Waals surface area contributed by atoms with Gasteiger partial charge in [-0.15, -0.1) is 0 Å². The number of aryl methyl sites for hydroxylation is 1. The van der Waals surface area contributed by atoms with Gasteiger partial charge in [0.05, 0.1) is 24.1 Å². The third-order valence-electron chi connectivity index (χ3n) is 3.68. The number of benzene rings is 2. The predicted molar refractivity (Wildman–Crippen MR) is 96.9 cm³/mol. The topological polar surface area (TPSA) is 90.3 Å². The summed E-state index contributed by atoms with van der Waals surface area (Å²) >= 11 is 0. The second kappa shape index (κ2) is 7.81. The highest BCUT2D eigenvalue weighted by atomic mass is 32.2. The fourth-order valence-corrected chi connectivity index (χ4v) is 3.38. The number of para-hydroxylation sites is 1. The molecule has 0 aromatic heterocycles. The molecule has 2 aromatic rings. The van der Waals surface area contributed by atoms with Crippen LogP contribution in [0.4, 0.5) is 5.69 Å². The normalized spacial score (nSPS) is 10.8. The molecular formula is C18H19N3O3S. The van der Waals surface area contributed by atoms with Crippen LogP contribution in [0.25, 0.3) is 0 Å². The zero-order valence-corrected chi connectivity index (χ0v) is 14.9. The average molecular weight is 357 g/mol. The number of nitrogens with one attached hydrogen (secondary N) is 1. The molecule has 1 amide bonds. The number of rotatable bonds is 6. The summed E-state index contributed by atoms with van der Waals surface area (Å²) in [6.45, 7) is 2.00. The van der Waals surface area contributed by atoms with Crippen molar-refractivity contribution in [2.45, 2.75) is 6.92 Å². The van der Waals surface area contributed by atoms with Crippen LogP contribution in [0.1, 0.15) is 21.5 Å². The first-order valence-corrected chi connectivity index (χ1v) is 9.50. The minimum absolute atomic E-state index is 0.0369. The maximum Gasteiger partial charge on any atom is 0.251 e. The molecule has 2 aromatic carbocycles. The first-order valence-electron chi connectivity index (χ1n) is 7.65. The van der Waals surface area contributed by atoms with E-state index in [1.165, 1.54) is 0 Å². The fourth-order valence-electron chi connectivity index (χ4n) is 2.44. The molecule has 0 saturated heterocycles. The van der Waals surface area contributed by atoms with Crippen molar-refractivity contribution in [3.63, 3.8) is 0 Å². The number of nitrogens with zero attached hydrogens (tertiary/aromatic N) is 2. The molecule has 0 aliphatic carbocycles. The Balaban J connectivity index is 2.14. The van der Waals surface area contributed by atoms with Gasteiger partial charge in [-0.1, -0.05) is 30.3 Å². The van der Waals surface area contributed by atoms with E-state index in [0.717, 1.165) is 16.1 Å². The van der Waals surface area contributed by atoms with Gasteiger partial charge in [0.2, 0.25) is 10.0 Å². The van der Waals surface area contributed by atoms with E-state index in [-0.39, 0.29) is 24.6 Å². The van der Waals surface area contributed by atoms with Gasteiger partial charge in [-0.05, 0) is 30.7 Å². The maximum absolute atomic E-state index is 12.2. The molecule has 1 N–H and O–H groups in total. The van der Waals surface area contributed by atoms with Gasteiger partial charge in [0.25, 0.3) is 5.91 Å². The van der Waals surface area contributed by atoms with Crippen LogP contribution in [0.15, 0.2) is 48.5 Å². The van der Waals surface area contributed by atoms with Crippen LogP contribution in [-0.2, 0) is 10.0 Å². The van der Waals surface area contributed by atoms with E-state index in [4.69, 9.17) is 0 Å². The molecule has 0 bridgehead atoms. The quantitative estimate of drug-likeness (QED) is 0.857. The van der Waals surface area contributed by atoms with E-state index >= 15 is 0 Å². The van der Waals surface area contributed by atoms with Crippen molar-refractivity contribution < 1.29 is 13.2 Å². The van der Waals surface area contributed by atoms with Crippen molar-refractivity contribution in [2.75, 3.05) is 23.7 Å². The van der Waals surface area contributed by atoms with E-state index in [1.807, 2.05) is 25.1 Å². The van der Waals surface area contributed by atoms with Crippen LogP contribution in [0, 0.1) is 18.3 Å². The third kappa shape index (κ3) is 4.58. The van der Waals surface area contributed by atoms with Crippen LogP contribution in [0.2, 0.25) is 0 Å². The van der Waals surface area contributed by atoms with Gasteiger partial charge in [0.15, 0.2) is 0 Å². The van der Waals surface area contributed by atoms with Crippen LogP contribution >= 0.6 is 0 Å². The van der Waals surface area contributed by atoms with Crippen molar-refractivity contribution in [3.05, 3.63) is 65.2 Å². The molecule has 0 spiro atoms. The largest absolute Gasteiger partial charge is 0.350 e. The monoisotopic (exact) mass is 357 g/mol. The summed E-state index contributed by atoms with van der Waals surface area (Å²) in [5, 5.41) is 11.9. The van der Waals surface area contributed by atoms with E-state index in [2.05, 4.69) is 5.32 Å². The van der Waals surface area contributed by atoms with E-state index in [0.29, 0.717) is 11.3 Å². The highest BCUT2D eigenvalue weighted by Gasteiger charge is 2.20. The minimum Gasteiger partial charge on any atom is -0.350 e. The molecule has 0 aliphatic heterocycles. The number of sulfonamides is 1. The van der Waals surface area contributed by atoms with Gasteiger partial charge in [0.1, 0.15) is 6.07 Å². The number of anilines is 1. The summed E-state index contributed by atoms with van der Waals surface area (Å²) in [7, 11) is -3.59. The summed E-state index contributed by atoms with van der Waals surface area (Å²) < 4.78 is 25.3. The fraction of sp³-hybridized carbons (Fsp3) is 0.222. The Hall–Kier alpha value is -2.85. The summed E-state index contributed by atoms with van der Waals surface area (Å²) in [5.41, 5.74) is 1.96.